The smallest absolute Gasteiger partial charge is 0.271 e. The van der Waals surface area contributed by atoms with Gasteiger partial charge in [0.1, 0.15) is 22.7 Å². The van der Waals surface area contributed by atoms with E-state index in [0.29, 0.717) is 18.9 Å². The van der Waals surface area contributed by atoms with E-state index in [1.165, 1.54) is 36.1 Å². The van der Waals surface area contributed by atoms with Gasteiger partial charge in [-0.2, -0.15) is 4.31 Å². The van der Waals surface area contributed by atoms with E-state index in [4.69, 9.17) is 0 Å². The number of nitrogens with one attached hydrogen (secondary N) is 1. The van der Waals surface area contributed by atoms with Gasteiger partial charge in [-0.1, -0.05) is 0 Å². The highest BCUT2D eigenvalue weighted by atomic mass is 32.2. The van der Waals surface area contributed by atoms with Crippen molar-refractivity contribution in [2.24, 2.45) is 0 Å². The van der Waals surface area contributed by atoms with E-state index >= 15 is 0 Å². The van der Waals surface area contributed by atoms with E-state index < -0.39 is 10.0 Å². The second-order valence-corrected chi connectivity index (χ2v) is 7.15. The molecule has 0 atom stereocenters. The van der Waals surface area contributed by atoms with Crippen LogP contribution >= 0.6 is 0 Å². The SMILES string of the molecule is CNC(=O)c1cn(-c2ccc(S(=O)(=O)N3CCCC3)cn2)cn1. The fraction of sp³-hybridized carbons (Fsp3) is 0.357. The number of amides is 1. The Morgan fingerprint density at radius 1 is 1.22 bits per heavy atom. The van der Waals surface area contributed by atoms with E-state index in [9.17, 15) is 13.2 Å². The minimum absolute atomic E-state index is 0.176. The summed E-state index contributed by atoms with van der Waals surface area (Å²) in [7, 11) is -1.94. The molecule has 3 rings (SSSR count). The molecular formula is C14H17N5O3S. The molecule has 8 nitrogen and oxygen atoms in total. The van der Waals surface area contributed by atoms with Gasteiger partial charge >= 0.3 is 0 Å². The molecule has 0 radical (unpaired) electrons. The highest BCUT2D eigenvalue weighted by Gasteiger charge is 2.27. The first-order valence-electron chi connectivity index (χ1n) is 7.25. The fourth-order valence-corrected chi connectivity index (χ4v) is 3.91. The molecule has 1 aliphatic heterocycles. The number of rotatable bonds is 4. The summed E-state index contributed by atoms with van der Waals surface area (Å²) in [6.45, 7) is 1.11. The van der Waals surface area contributed by atoms with Gasteiger partial charge in [-0.3, -0.25) is 9.36 Å². The van der Waals surface area contributed by atoms with E-state index in [2.05, 4.69) is 15.3 Å². The summed E-state index contributed by atoms with van der Waals surface area (Å²) in [5.74, 6) is 0.199. The maximum atomic E-state index is 12.4. The molecule has 0 aliphatic carbocycles. The molecule has 0 spiro atoms. The van der Waals surface area contributed by atoms with Crippen molar-refractivity contribution in [2.45, 2.75) is 17.7 Å². The molecule has 0 saturated carbocycles. The Hall–Kier alpha value is -2.26. The van der Waals surface area contributed by atoms with Crippen LogP contribution in [0.5, 0.6) is 0 Å². The van der Waals surface area contributed by atoms with Gasteiger partial charge in [0.05, 0.1) is 0 Å². The summed E-state index contributed by atoms with van der Waals surface area (Å²) >= 11 is 0. The van der Waals surface area contributed by atoms with Crippen LogP contribution < -0.4 is 5.32 Å². The molecular weight excluding hydrogens is 318 g/mol. The summed E-state index contributed by atoms with van der Waals surface area (Å²) in [6.07, 6.45) is 6.12. The summed E-state index contributed by atoms with van der Waals surface area (Å²) in [5, 5.41) is 2.49. The quantitative estimate of drug-likeness (QED) is 0.873. The maximum Gasteiger partial charge on any atom is 0.271 e. The first-order chi connectivity index (χ1) is 11.0. The van der Waals surface area contributed by atoms with Crippen molar-refractivity contribution in [3.63, 3.8) is 0 Å². The number of pyridine rings is 1. The molecule has 2 aromatic heterocycles. The molecule has 9 heteroatoms. The van der Waals surface area contributed by atoms with Crippen LogP contribution in [0.25, 0.3) is 5.82 Å². The van der Waals surface area contributed by atoms with Gasteiger partial charge in [0.2, 0.25) is 10.0 Å². The van der Waals surface area contributed by atoms with Gasteiger partial charge in [0, 0.05) is 32.5 Å². The van der Waals surface area contributed by atoms with Crippen LogP contribution in [-0.2, 0) is 10.0 Å². The molecule has 3 heterocycles. The molecule has 23 heavy (non-hydrogen) atoms. The Morgan fingerprint density at radius 2 is 1.96 bits per heavy atom. The summed E-state index contributed by atoms with van der Waals surface area (Å²) in [5.41, 5.74) is 0.267. The highest BCUT2D eigenvalue weighted by molar-refractivity contribution is 7.89. The van der Waals surface area contributed by atoms with Crippen molar-refractivity contribution in [2.75, 3.05) is 20.1 Å². The lowest BCUT2D eigenvalue weighted by atomic mass is 10.4. The predicted octanol–water partition coefficient (Wildman–Crippen LogP) is 0.411. The molecule has 0 aromatic carbocycles. The average molecular weight is 335 g/mol. The van der Waals surface area contributed by atoms with Crippen LogP contribution in [0.1, 0.15) is 23.3 Å². The number of carbonyl (C=O) groups is 1. The lowest BCUT2D eigenvalue weighted by Crippen LogP contribution is -2.27. The molecule has 0 unspecified atom stereocenters. The summed E-state index contributed by atoms with van der Waals surface area (Å²) in [4.78, 5) is 19.8. The number of hydrogen-bond acceptors (Lipinski definition) is 5. The molecule has 1 saturated heterocycles. The number of carbonyl (C=O) groups excluding carboxylic acids is 1. The van der Waals surface area contributed by atoms with E-state index in [-0.39, 0.29) is 16.5 Å². The summed E-state index contributed by atoms with van der Waals surface area (Å²) < 4.78 is 27.9. The summed E-state index contributed by atoms with van der Waals surface area (Å²) in [6, 6.07) is 3.12. The number of aromatic nitrogens is 3. The Balaban J connectivity index is 1.84. The molecule has 1 aliphatic rings. The maximum absolute atomic E-state index is 12.4. The molecule has 0 bridgehead atoms. The molecule has 1 fully saturated rings. The lowest BCUT2D eigenvalue weighted by molar-refractivity contribution is 0.0958. The van der Waals surface area contributed by atoms with Crippen molar-refractivity contribution in [3.8, 4) is 5.82 Å². The first-order valence-corrected chi connectivity index (χ1v) is 8.69. The molecule has 1 amide bonds. The zero-order chi connectivity index (χ0) is 16.4. The minimum Gasteiger partial charge on any atom is -0.354 e. The van der Waals surface area contributed by atoms with Crippen LogP contribution in [-0.4, -0.2) is 53.3 Å². The molecule has 122 valence electrons. The zero-order valence-electron chi connectivity index (χ0n) is 12.6. The highest BCUT2D eigenvalue weighted by Crippen LogP contribution is 2.20. The van der Waals surface area contributed by atoms with Crippen LogP contribution in [0.2, 0.25) is 0 Å². The largest absolute Gasteiger partial charge is 0.354 e. The van der Waals surface area contributed by atoms with Crippen molar-refractivity contribution in [3.05, 3.63) is 36.5 Å². The standard InChI is InChI=1S/C14H17N5O3S/c1-15-14(20)12-9-18(10-17-12)13-5-4-11(8-16-13)23(21,22)19-6-2-3-7-19/h4-5,8-10H,2-3,6-7H2,1H3,(H,15,20). The van der Waals surface area contributed by atoms with Gasteiger partial charge < -0.3 is 5.32 Å². The van der Waals surface area contributed by atoms with Crippen LogP contribution in [0.3, 0.4) is 0 Å². The van der Waals surface area contributed by atoms with Crippen LogP contribution in [0.15, 0.2) is 35.7 Å². The normalized spacial score (nSPS) is 15.7. The zero-order valence-corrected chi connectivity index (χ0v) is 13.5. The van der Waals surface area contributed by atoms with Gasteiger partial charge in [-0.25, -0.2) is 18.4 Å². The Labute approximate surface area is 134 Å². The minimum atomic E-state index is -3.47. The monoisotopic (exact) mass is 335 g/mol. The van der Waals surface area contributed by atoms with E-state index in [1.807, 2.05) is 0 Å². The van der Waals surface area contributed by atoms with E-state index in [0.717, 1.165) is 12.8 Å². The van der Waals surface area contributed by atoms with Gasteiger partial charge in [-0.15, -0.1) is 0 Å². The average Bonchev–Trinajstić information content (AvgIpc) is 3.26. The Morgan fingerprint density at radius 3 is 2.57 bits per heavy atom. The van der Waals surface area contributed by atoms with Crippen molar-refractivity contribution >= 4 is 15.9 Å². The van der Waals surface area contributed by atoms with Crippen molar-refractivity contribution in [1.82, 2.24) is 24.2 Å². The second kappa shape index (κ2) is 6.09. The topological polar surface area (TPSA) is 97.2 Å². The second-order valence-electron chi connectivity index (χ2n) is 5.21. The van der Waals surface area contributed by atoms with Crippen LogP contribution in [0.4, 0.5) is 0 Å². The van der Waals surface area contributed by atoms with Crippen LogP contribution in [0, 0.1) is 0 Å². The van der Waals surface area contributed by atoms with Crippen molar-refractivity contribution < 1.29 is 13.2 Å². The Bertz CT molecular complexity index is 807. The third-order valence-electron chi connectivity index (χ3n) is 3.73. The fourth-order valence-electron chi connectivity index (χ4n) is 2.45. The molecule has 2 aromatic rings. The van der Waals surface area contributed by atoms with E-state index in [1.54, 1.807) is 10.6 Å². The third-order valence-corrected chi connectivity index (χ3v) is 5.61. The van der Waals surface area contributed by atoms with Gasteiger partial charge in [0.15, 0.2) is 0 Å². The number of imidazole rings is 1. The first kappa shape index (κ1) is 15.6. The number of sulfonamides is 1. The predicted molar refractivity (Wildman–Crippen MR) is 82.7 cm³/mol. The third kappa shape index (κ3) is 2.97. The number of hydrogen-bond donors (Lipinski definition) is 1. The molecule has 1 N–H and O–H groups in total. The van der Waals surface area contributed by atoms with Gasteiger partial charge in [-0.05, 0) is 25.0 Å². The number of nitrogens with zero attached hydrogens (tertiary/aromatic N) is 4. The van der Waals surface area contributed by atoms with Gasteiger partial charge in [0.25, 0.3) is 5.91 Å². The van der Waals surface area contributed by atoms with Crippen molar-refractivity contribution in [1.29, 1.82) is 0 Å². The lowest BCUT2D eigenvalue weighted by Gasteiger charge is -2.15. The Kier molecular flexibility index (Phi) is 4.14.